The first-order chi connectivity index (χ1) is 8.49. The van der Waals surface area contributed by atoms with Crippen molar-refractivity contribution >= 4 is 33.1 Å². The molecule has 0 bridgehead atoms. The number of benzene rings is 1. The van der Waals surface area contributed by atoms with Crippen LogP contribution < -0.4 is 4.72 Å². The molecule has 6 heteroatoms. The average molecular weight is 282 g/mol. The maximum Gasteiger partial charge on any atom is 0.208 e. The van der Waals surface area contributed by atoms with Gasteiger partial charge in [0.2, 0.25) is 10.0 Å². The Kier molecular flexibility index (Phi) is 3.92. The van der Waals surface area contributed by atoms with Crippen LogP contribution in [-0.2, 0) is 22.9 Å². The first kappa shape index (κ1) is 13.4. The number of aryl methyl sites for hydroxylation is 1. The SMILES string of the molecule is CS(=O)(=O)NC1CCc2cccc(N=C=S)c2C1. The highest BCUT2D eigenvalue weighted by Gasteiger charge is 2.22. The number of hydrogen-bond donors (Lipinski definition) is 1. The molecule has 96 valence electrons. The Morgan fingerprint density at radius 3 is 2.94 bits per heavy atom. The lowest BCUT2D eigenvalue weighted by Crippen LogP contribution is -2.38. The van der Waals surface area contributed by atoms with Gasteiger partial charge in [0.1, 0.15) is 0 Å². The predicted molar refractivity (Wildman–Crippen MR) is 74.9 cm³/mol. The summed E-state index contributed by atoms with van der Waals surface area (Å²) in [5.41, 5.74) is 3.08. The molecule has 0 saturated heterocycles. The van der Waals surface area contributed by atoms with E-state index in [9.17, 15) is 8.42 Å². The molecular weight excluding hydrogens is 268 g/mol. The van der Waals surface area contributed by atoms with Crippen LogP contribution in [0.4, 0.5) is 5.69 Å². The summed E-state index contributed by atoms with van der Waals surface area (Å²) in [4.78, 5) is 4.04. The molecule has 1 atom stereocenters. The van der Waals surface area contributed by atoms with E-state index in [2.05, 4.69) is 27.1 Å². The fraction of sp³-hybridized carbons (Fsp3) is 0.417. The van der Waals surface area contributed by atoms with E-state index in [4.69, 9.17) is 0 Å². The summed E-state index contributed by atoms with van der Waals surface area (Å²) >= 11 is 4.63. The number of rotatable bonds is 3. The monoisotopic (exact) mass is 282 g/mol. The Hall–Kier alpha value is -1.07. The Morgan fingerprint density at radius 1 is 1.50 bits per heavy atom. The highest BCUT2D eigenvalue weighted by molar-refractivity contribution is 7.88. The second-order valence-electron chi connectivity index (χ2n) is 4.45. The van der Waals surface area contributed by atoms with Crippen molar-refractivity contribution in [3.05, 3.63) is 29.3 Å². The van der Waals surface area contributed by atoms with Crippen LogP contribution in [0.1, 0.15) is 17.5 Å². The average Bonchev–Trinajstić information content (AvgIpc) is 2.28. The molecule has 1 aliphatic carbocycles. The number of nitrogens with zero attached hydrogens (tertiary/aromatic N) is 1. The fourth-order valence-corrected chi connectivity index (χ4v) is 3.23. The molecule has 1 N–H and O–H groups in total. The van der Waals surface area contributed by atoms with E-state index < -0.39 is 10.0 Å². The van der Waals surface area contributed by atoms with Crippen molar-refractivity contribution in [3.63, 3.8) is 0 Å². The minimum Gasteiger partial charge on any atom is -0.213 e. The van der Waals surface area contributed by atoms with Crippen molar-refractivity contribution in [2.75, 3.05) is 6.26 Å². The third-order valence-corrected chi connectivity index (χ3v) is 3.86. The van der Waals surface area contributed by atoms with Crippen molar-refractivity contribution in [3.8, 4) is 0 Å². The van der Waals surface area contributed by atoms with Gasteiger partial charge in [0.05, 0.1) is 17.1 Å². The number of aliphatic imine (C=N–C) groups is 1. The van der Waals surface area contributed by atoms with Crippen LogP contribution in [0.25, 0.3) is 0 Å². The number of sulfonamides is 1. The maximum absolute atomic E-state index is 11.3. The van der Waals surface area contributed by atoms with Crippen LogP contribution in [0, 0.1) is 0 Å². The van der Waals surface area contributed by atoms with Gasteiger partial charge in [-0.05, 0) is 48.7 Å². The highest BCUT2D eigenvalue weighted by atomic mass is 32.2. The number of nitrogens with one attached hydrogen (secondary N) is 1. The predicted octanol–water partition coefficient (Wildman–Crippen LogP) is 1.83. The molecule has 18 heavy (non-hydrogen) atoms. The standard InChI is InChI=1S/C12H14N2O2S2/c1-18(15,16)14-10-6-5-9-3-2-4-12(13-8-17)11(9)7-10/h2-4,10,14H,5-7H2,1H3. The Bertz CT molecular complexity index is 605. The summed E-state index contributed by atoms with van der Waals surface area (Å²) in [7, 11) is -3.17. The molecule has 1 unspecified atom stereocenters. The molecule has 0 spiro atoms. The van der Waals surface area contributed by atoms with Gasteiger partial charge in [-0.15, -0.1) is 0 Å². The van der Waals surface area contributed by atoms with Crippen LogP contribution in [0.2, 0.25) is 0 Å². The third-order valence-electron chi connectivity index (χ3n) is 3.01. The molecule has 0 radical (unpaired) electrons. The molecule has 0 fully saturated rings. The molecular formula is C12H14N2O2S2. The number of hydrogen-bond acceptors (Lipinski definition) is 4. The first-order valence-corrected chi connectivity index (χ1v) is 7.95. The van der Waals surface area contributed by atoms with E-state index in [0.29, 0.717) is 6.42 Å². The second-order valence-corrected chi connectivity index (χ2v) is 6.41. The third kappa shape index (κ3) is 3.23. The summed E-state index contributed by atoms with van der Waals surface area (Å²) in [5, 5.41) is 2.37. The molecule has 1 aromatic rings. The lowest BCUT2D eigenvalue weighted by atomic mass is 9.88. The van der Waals surface area contributed by atoms with E-state index in [-0.39, 0.29) is 6.04 Å². The van der Waals surface area contributed by atoms with Gasteiger partial charge in [-0.1, -0.05) is 12.1 Å². The van der Waals surface area contributed by atoms with Crippen molar-refractivity contribution in [2.45, 2.75) is 25.3 Å². The zero-order valence-electron chi connectivity index (χ0n) is 10.0. The zero-order valence-corrected chi connectivity index (χ0v) is 11.6. The number of thiocarbonyl (C=S) groups is 1. The van der Waals surface area contributed by atoms with Crippen molar-refractivity contribution < 1.29 is 8.42 Å². The van der Waals surface area contributed by atoms with Gasteiger partial charge in [-0.25, -0.2) is 13.1 Å². The molecule has 1 aromatic carbocycles. The minimum atomic E-state index is -3.17. The van der Waals surface area contributed by atoms with Gasteiger partial charge in [-0.2, -0.15) is 4.99 Å². The second kappa shape index (κ2) is 5.28. The van der Waals surface area contributed by atoms with Gasteiger partial charge in [0.15, 0.2) is 0 Å². The summed E-state index contributed by atoms with van der Waals surface area (Å²) < 4.78 is 25.2. The maximum atomic E-state index is 11.3. The van der Waals surface area contributed by atoms with E-state index in [1.165, 1.54) is 11.8 Å². The van der Waals surface area contributed by atoms with E-state index in [1.807, 2.05) is 18.2 Å². The van der Waals surface area contributed by atoms with E-state index in [0.717, 1.165) is 24.1 Å². The minimum absolute atomic E-state index is 0.0611. The number of isothiocyanates is 1. The zero-order chi connectivity index (χ0) is 13.2. The lowest BCUT2D eigenvalue weighted by molar-refractivity contribution is 0.511. The summed E-state index contributed by atoms with van der Waals surface area (Å²) in [6.07, 6.45) is 3.50. The smallest absolute Gasteiger partial charge is 0.208 e. The normalized spacial score (nSPS) is 18.8. The summed E-state index contributed by atoms with van der Waals surface area (Å²) in [5.74, 6) is 0. The molecule has 0 heterocycles. The number of fused-ring (bicyclic) bond motifs is 1. The van der Waals surface area contributed by atoms with Gasteiger partial charge in [0, 0.05) is 6.04 Å². The quantitative estimate of drug-likeness (QED) is 0.679. The van der Waals surface area contributed by atoms with E-state index >= 15 is 0 Å². The first-order valence-electron chi connectivity index (χ1n) is 5.65. The van der Waals surface area contributed by atoms with E-state index in [1.54, 1.807) is 0 Å². The van der Waals surface area contributed by atoms with Crippen molar-refractivity contribution in [1.82, 2.24) is 4.72 Å². The van der Waals surface area contributed by atoms with Crippen LogP contribution >= 0.6 is 12.2 Å². The Labute approximate surface area is 112 Å². The molecule has 2 rings (SSSR count). The Morgan fingerprint density at radius 2 is 2.28 bits per heavy atom. The highest BCUT2D eigenvalue weighted by Crippen LogP contribution is 2.29. The molecule has 1 aliphatic rings. The van der Waals surface area contributed by atoms with Crippen molar-refractivity contribution in [1.29, 1.82) is 0 Å². The summed E-state index contributed by atoms with van der Waals surface area (Å²) in [6, 6.07) is 5.80. The van der Waals surface area contributed by atoms with Gasteiger partial charge < -0.3 is 0 Å². The van der Waals surface area contributed by atoms with Crippen LogP contribution in [-0.4, -0.2) is 25.9 Å². The molecule has 0 aliphatic heterocycles. The molecule has 4 nitrogen and oxygen atoms in total. The Balaban J connectivity index is 2.29. The summed E-state index contributed by atoms with van der Waals surface area (Å²) in [6.45, 7) is 0. The van der Waals surface area contributed by atoms with Crippen LogP contribution in [0.15, 0.2) is 23.2 Å². The fourth-order valence-electron chi connectivity index (χ4n) is 2.33. The van der Waals surface area contributed by atoms with Gasteiger partial charge in [0.25, 0.3) is 0 Å². The topological polar surface area (TPSA) is 58.5 Å². The van der Waals surface area contributed by atoms with Gasteiger partial charge >= 0.3 is 0 Å². The van der Waals surface area contributed by atoms with Gasteiger partial charge in [-0.3, -0.25) is 0 Å². The molecule has 0 saturated carbocycles. The van der Waals surface area contributed by atoms with Crippen LogP contribution in [0.3, 0.4) is 0 Å². The molecule has 0 aromatic heterocycles. The van der Waals surface area contributed by atoms with Crippen molar-refractivity contribution in [2.24, 2.45) is 4.99 Å². The lowest BCUT2D eigenvalue weighted by Gasteiger charge is -2.25. The largest absolute Gasteiger partial charge is 0.213 e. The molecule has 0 amide bonds. The van der Waals surface area contributed by atoms with Crippen LogP contribution in [0.5, 0.6) is 0 Å².